The summed E-state index contributed by atoms with van der Waals surface area (Å²) in [6.45, 7) is 0.0446. The van der Waals surface area contributed by atoms with Crippen LogP contribution in [0.15, 0.2) is 30.3 Å². The third-order valence-electron chi connectivity index (χ3n) is 4.17. The summed E-state index contributed by atoms with van der Waals surface area (Å²) >= 11 is 13.6. The van der Waals surface area contributed by atoms with Crippen molar-refractivity contribution in [3.05, 3.63) is 51.2 Å². The summed E-state index contributed by atoms with van der Waals surface area (Å²) in [5, 5.41) is 10.5. The molecule has 0 spiro atoms. The quantitative estimate of drug-likeness (QED) is 0.645. The van der Waals surface area contributed by atoms with E-state index in [9.17, 15) is 14.0 Å². The molecule has 0 saturated carbocycles. The van der Waals surface area contributed by atoms with Crippen LogP contribution in [0.4, 0.5) is 10.1 Å². The van der Waals surface area contributed by atoms with Gasteiger partial charge in [0.05, 0.1) is 33.4 Å². The van der Waals surface area contributed by atoms with E-state index in [4.69, 9.17) is 33.0 Å². The Labute approximate surface area is 172 Å². The van der Waals surface area contributed by atoms with Gasteiger partial charge in [-0.1, -0.05) is 23.2 Å². The minimum atomic E-state index is -1.26. The lowest BCUT2D eigenvalue weighted by molar-refractivity contribution is -0.142. The zero-order valence-corrected chi connectivity index (χ0v) is 16.3. The molecule has 6 nitrogen and oxygen atoms in total. The summed E-state index contributed by atoms with van der Waals surface area (Å²) in [6, 6.07) is 7.03. The van der Waals surface area contributed by atoms with E-state index in [-0.39, 0.29) is 12.3 Å². The molecule has 144 valence electrons. The zero-order valence-electron chi connectivity index (χ0n) is 14.0. The molecule has 1 unspecified atom stereocenters. The number of carboxylic acids is 1. The van der Waals surface area contributed by atoms with Crippen molar-refractivity contribution in [2.45, 2.75) is 19.1 Å². The van der Waals surface area contributed by atoms with Gasteiger partial charge in [0.15, 0.2) is 6.10 Å². The van der Waals surface area contributed by atoms with Gasteiger partial charge in [-0.3, -0.25) is 14.5 Å². The van der Waals surface area contributed by atoms with E-state index >= 15 is 0 Å². The van der Waals surface area contributed by atoms with Gasteiger partial charge in [-0.25, -0.2) is 9.37 Å². The fourth-order valence-electron chi connectivity index (χ4n) is 2.94. The highest BCUT2D eigenvalue weighted by Crippen LogP contribution is 2.39. The van der Waals surface area contributed by atoms with Crippen LogP contribution in [-0.2, 0) is 16.1 Å². The lowest BCUT2D eigenvalue weighted by Crippen LogP contribution is -2.46. The fraction of sp³-hybridized carbons (Fsp3) is 0.167. The molecule has 4 rings (SSSR count). The Balaban J connectivity index is 1.75. The molecule has 1 N–H and O–H groups in total. The van der Waals surface area contributed by atoms with Crippen molar-refractivity contribution >= 4 is 62.3 Å². The molecule has 0 radical (unpaired) electrons. The summed E-state index contributed by atoms with van der Waals surface area (Å²) in [5.41, 5.74) is 0.862. The Morgan fingerprint density at radius 2 is 2.04 bits per heavy atom. The molecule has 1 aliphatic rings. The van der Waals surface area contributed by atoms with E-state index in [1.54, 1.807) is 12.1 Å². The Morgan fingerprint density at radius 1 is 1.29 bits per heavy atom. The molecule has 0 fully saturated rings. The van der Waals surface area contributed by atoms with Crippen LogP contribution in [0, 0.1) is 5.82 Å². The van der Waals surface area contributed by atoms with Gasteiger partial charge in [-0.05, 0) is 24.3 Å². The highest BCUT2D eigenvalue weighted by molar-refractivity contribution is 7.19. The van der Waals surface area contributed by atoms with Crippen LogP contribution in [0.3, 0.4) is 0 Å². The second-order valence-corrected chi connectivity index (χ2v) is 7.95. The largest absolute Gasteiger partial charge is 0.481 e. The highest BCUT2D eigenvalue weighted by Gasteiger charge is 2.36. The van der Waals surface area contributed by atoms with E-state index in [0.29, 0.717) is 31.0 Å². The van der Waals surface area contributed by atoms with Crippen LogP contribution in [0.1, 0.15) is 11.4 Å². The minimum Gasteiger partial charge on any atom is -0.481 e. The first kappa shape index (κ1) is 18.9. The van der Waals surface area contributed by atoms with Crippen molar-refractivity contribution in [3.63, 3.8) is 0 Å². The van der Waals surface area contributed by atoms with Crippen LogP contribution in [0.5, 0.6) is 5.75 Å². The number of ether oxygens (including phenoxy) is 1. The van der Waals surface area contributed by atoms with Gasteiger partial charge in [0.2, 0.25) is 0 Å². The summed E-state index contributed by atoms with van der Waals surface area (Å²) in [5.74, 6) is -2.20. The number of rotatable bonds is 4. The first-order valence-electron chi connectivity index (χ1n) is 8.06. The Bertz CT molecular complexity index is 1080. The second kappa shape index (κ2) is 7.20. The highest BCUT2D eigenvalue weighted by atomic mass is 35.5. The molecule has 1 atom stereocenters. The van der Waals surface area contributed by atoms with E-state index in [0.717, 1.165) is 6.07 Å². The van der Waals surface area contributed by atoms with E-state index in [1.807, 2.05) is 0 Å². The Hall–Kier alpha value is -2.42. The van der Waals surface area contributed by atoms with E-state index in [2.05, 4.69) is 4.98 Å². The first-order valence-corrected chi connectivity index (χ1v) is 9.63. The van der Waals surface area contributed by atoms with Crippen molar-refractivity contribution < 1.29 is 23.8 Å². The van der Waals surface area contributed by atoms with Gasteiger partial charge in [-0.2, -0.15) is 0 Å². The molecule has 1 aliphatic heterocycles. The maximum Gasteiger partial charge on any atom is 0.307 e. The number of carboxylic acid groups (broad SMARTS) is 1. The van der Waals surface area contributed by atoms with Crippen LogP contribution < -0.4 is 9.64 Å². The van der Waals surface area contributed by atoms with E-state index in [1.165, 1.54) is 28.4 Å². The molecule has 28 heavy (non-hydrogen) atoms. The topological polar surface area (TPSA) is 79.7 Å². The number of benzene rings is 2. The van der Waals surface area contributed by atoms with Crippen molar-refractivity contribution in [1.82, 2.24) is 4.98 Å². The normalized spacial score (nSPS) is 16.2. The van der Waals surface area contributed by atoms with Crippen LogP contribution >= 0.6 is 34.5 Å². The summed E-state index contributed by atoms with van der Waals surface area (Å²) in [4.78, 5) is 29.7. The SMILES string of the molecule is O=C(O)CC1Oc2cc(F)ccc2N(Cc2nc3c(Cl)ccc(Cl)c3s2)C1=O. The first-order chi connectivity index (χ1) is 13.3. The number of thiazole rings is 1. The lowest BCUT2D eigenvalue weighted by Gasteiger charge is -2.33. The van der Waals surface area contributed by atoms with Crippen LogP contribution in [0.2, 0.25) is 10.0 Å². The van der Waals surface area contributed by atoms with Gasteiger partial charge < -0.3 is 9.84 Å². The predicted octanol–water partition coefficient (Wildman–Crippen LogP) is 4.51. The zero-order chi connectivity index (χ0) is 20.0. The lowest BCUT2D eigenvalue weighted by atomic mass is 10.1. The molecule has 3 aromatic rings. The van der Waals surface area contributed by atoms with Crippen LogP contribution in [0.25, 0.3) is 10.2 Å². The molecule has 2 heterocycles. The van der Waals surface area contributed by atoms with Crippen molar-refractivity contribution in [2.24, 2.45) is 0 Å². The molecule has 1 amide bonds. The number of hydrogen-bond acceptors (Lipinski definition) is 5. The number of hydrogen-bond donors (Lipinski definition) is 1. The van der Waals surface area contributed by atoms with Crippen LogP contribution in [-0.4, -0.2) is 28.1 Å². The maximum absolute atomic E-state index is 13.6. The molecule has 0 bridgehead atoms. The third kappa shape index (κ3) is 3.39. The number of aromatic nitrogens is 1. The van der Waals surface area contributed by atoms with E-state index < -0.39 is 30.2 Å². The van der Waals surface area contributed by atoms with Gasteiger partial charge in [-0.15, -0.1) is 11.3 Å². The number of carbonyl (C=O) groups excluding carboxylic acids is 1. The fourth-order valence-corrected chi connectivity index (χ4v) is 4.45. The van der Waals surface area contributed by atoms with Gasteiger partial charge in [0, 0.05) is 6.07 Å². The number of nitrogens with zero attached hydrogens (tertiary/aromatic N) is 2. The molecular formula is C18H11Cl2FN2O4S. The average Bonchev–Trinajstić information content (AvgIpc) is 3.06. The minimum absolute atomic E-state index is 0.0446. The van der Waals surface area contributed by atoms with Gasteiger partial charge in [0.25, 0.3) is 5.91 Å². The average molecular weight is 441 g/mol. The summed E-state index contributed by atoms with van der Waals surface area (Å²) in [7, 11) is 0. The molecule has 0 aliphatic carbocycles. The van der Waals surface area contributed by atoms with Crippen molar-refractivity contribution in [3.8, 4) is 5.75 Å². The van der Waals surface area contributed by atoms with Gasteiger partial charge >= 0.3 is 5.97 Å². The van der Waals surface area contributed by atoms with Crippen molar-refractivity contribution in [2.75, 3.05) is 4.90 Å². The number of aliphatic carboxylic acids is 1. The molecule has 1 aromatic heterocycles. The standard InChI is InChI=1S/C18H11Cl2FN2O4S/c19-9-2-3-10(20)17-16(9)22-14(28-17)7-23-11-4-1-8(21)5-12(11)27-13(18(23)26)6-15(24)25/h1-5,13H,6-7H2,(H,24,25). The molecular weight excluding hydrogens is 430 g/mol. The molecule has 0 saturated heterocycles. The maximum atomic E-state index is 13.6. The summed E-state index contributed by atoms with van der Waals surface area (Å²) in [6.07, 6.45) is -1.80. The predicted molar refractivity (Wildman–Crippen MR) is 104 cm³/mol. The third-order valence-corrected chi connectivity index (χ3v) is 5.97. The molecule has 2 aromatic carbocycles. The number of halogens is 3. The monoisotopic (exact) mass is 440 g/mol. The number of amides is 1. The smallest absolute Gasteiger partial charge is 0.307 e. The van der Waals surface area contributed by atoms with Gasteiger partial charge in [0.1, 0.15) is 22.1 Å². The number of carbonyl (C=O) groups is 2. The number of anilines is 1. The Kier molecular flexibility index (Phi) is 4.86. The van der Waals surface area contributed by atoms with Crippen molar-refractivity contribution in [1.29, 1.82) is 0 Å². The molecule has 10 heteroatoms. The Morgan fingerprint density at radius 3 is 2.75 bits per heavy atom. The number of fused-ring (bicyclic) bond motifs is 2. The summed E-state index contributed by atoms with van der Waals surface area (Å²) < 4.78 is 19.7. The second-order valence-electron chi connectivity index (χ2n) is 6.06.